The lowest BCUT2D eigenvalue weighted by atomic mass is 9.88. The van der Waals surface area contributed by atoms with Crippen LogP contribution < -0.4 is 11.1 Å². The largest absolute Gasteiger partial charge is 0.478 e. The molecule has 0 bridgehead atoms. The third kappa shape index (κ3) is 24.2. The summed E-state index contributed by atoms with van der Waals surface area (Å²) < 4.78 is 83.9. The summed E-state index contributed by atoms with van der Waals surface area (Å²) in [4.78, 5) is 77.3. The van der Waals surface area contributed by atoms with Gasteiger partial charge in [0.2, 0.25) is 26.2 Å². The Bertz CT molecular complexity index is 2130. The second kappa shape index (κ2) is 27.6. The maximum Gasteiger partial charge on any atom is 0.445 e. The van der Waals surface area contributed by atoms with Crippen molar-refractivity contribution in [2.75, 3.05) is 24.1 Å². The second-order valence-electron chi connectivity index (χ2n) is 19.9. The Morgan fingerprint density at radius 2 is 1.08 bits per heavy atom. The average molecular weight is 1060 g/mol. The Morgan fingerprint density at radius 3 is 1.42 bits per heavy atom. The number of nitrogens with two attached hydrogens (primary N) is 1. The molecule has 0 spiro atoms. The van der Waals surface area contributed by atoms with Gasteiger partial charge in [-0.15, -0.1) is 20.4 Å². The van der Waals surface area contributed by atoms with E-state index in [1.54, 1.807) is 58.6 Å². The molecule has 25 heteroatoms. The van der Waals surface area contributed by atoms with Crippen LogP contribution in [0.2, 0.25) is 0 Å². The van der Waals surface area contributed by atoms with E-state index < -0.39 is 69.7 Å². The number of carbonyl (C=O) groups excluding carboxylic acids is 5. The van der Waals surface area contributed by atoms with Gasteiger partial charge in [0.25, 0.3) is 0 Å². The van der Waals surface area contributed by atoms with Gasteiger partial charge >= 0.3 is 30.5 Å². The molecule has 2 aliphatic heterocycles. The van der Waals surface area contributed by atoms with Gasteiger partial charge in [0.05, 0.1) is 12.1 Å². The monoisotopic (exact) mass is 1050 g/mol. The number of rotatable bonds is 15. The van der Waals surface area contributed by atoms with Crippen molar-refractivity contribution < 1.29 is 69.7 Å². The Balaban J connectivity index is 0.000000418. The number of aliphatic carboxylic acids is 1. The number of carboxylic acid groups (broad SMARTS) is 1. The molecule has 0 aromatic carbocycles. The number of likely N-dealkylation sites (tertiary alicyclic amines) is 2. The third-order valence-electron chi connectivity index (χ3n) is 10.1. The maximum atomic E-state index is 13.2. The van der Waals surface area contributed by atoms with Crippen LogP contribution in [0.5, 0.6) is 0 Å². The Hall–Kier alpha value is -5.20. The zero-order chi connectivity index (χ0) is 54.1. The van der Waals surface area contributed by atoms with Crippen LogP contribution in [-0.2, 0) is 41.0 Å². The first-order chi connectivity index (χ1) is 32.6. The number of allylic oxidation sites excluding steroid dienone is 2. The highest BCUT2D eigenvalue weighted by Gasteiger charge is 2.38. The number of ether oxygens (including phenoxy) is 2. The molecule has 3 amide bonds. The van der Waals surface area contributed by atoms with Gasteiger partial charge in [-0.3, -0.25) is 29.5 Å². The molecular weight excluding hydrogens is 987 g/mol. The minimum absolute atomic E-state index is 0.0174. The maximum absolute atomic E-state index is 13.2. The number of carbonyl (C=O) groups is 6. The molecular formula is C46H68F6N8O9S2. The van der Waals surface area contributed by atoms with Gasteiger partial charge in [-0.25, -0.2) is 14.4 Å². The number of piperidine rings is 2. The van der Waals surface area contributed by atoms with Crippen molar-refractivity contribution in [1.29, 1.82) is 0 Å². The van der Waals surface area contributed by atoms with Crippen LogP contribution in [-0.4, -0.2) is 107 Å². The van der Waals surface area contributed by atoms with Gasteiger partial charge in [0.15, 0.2) is 11.6 Å². The molecule has 0 aliphatic carbocycles. The molecule has 2 aromatic heterocycles. The molecule has 17 nitrogen and oxygen atoms in total. The van der Waals surface area contributed by atoms with E-state index in [1.165, 1.54) is 11.0 Å². The lowest BCUT2D eigenvalue weighted by Crippen LogP contribution is -2.50. The first kappa shape index (κ1) is 61.9. The molecule has 4 heterocycles. The standard InChI is InChI=1S/C23H33F3N4O4S.C20H33NO5.C3H2F3N3S/c1-14(2)12-15(9-10-18(32)27-20-29-28-19(35-20)23(24,25)26)13-17(31)16-8-6-7-11-30(16)21(33)34-22(3,4)5;1-14(2)12-15(9-10-18(23)24)13-17(22)16-8-6-7-11-21(16)19(25)26-20(3,4)5;4-3(5,6)1-8-9-2(7)10-1/h9-10,14-16H,6-8,11-13H2,1-5H3,(H,27,29,32);9-10,14-16H,6-8,11-13H2,1-5H3,(H,23,24);(H2,7,9)/b2*10-9+;/t2*15-,16+;/m11./s1. The number of Topliss-reactive ketones (excluding diaryl/α,β-unsaturated/α-hetero) is 2. The molecule has 4 rings (SSSR count). The molecule has 2 aromatic rings. The molecule has 2 fully saturated rings. The van der Waals surface area contributed by atoms with Gasteiger partial charge in [-0.1, -0.05) is 62.5 Å². The number of amides is 3. The predicted molar refractivity (Wildman–Crippen MR) is 255 cm³/mol. The number of nitrogens with zero attached hydrogens (tertiary/aromatic N) is 6. The summed E-state index contributed by atoms with van der Waals surface area (Å²) in [5.41, 5.74) is 3.64. The van der Waals surface area contributed by atoms with Crippen molar-refractivity contribution in [2.24, 2.45) is 23.7 Å². The van der Waals surface area contributed by atoms with E-state index in [0.29, 0.717) is 49.6 Å². The average Bonchev–Trinajstić information content (AvgIpc) is 3.90. The predicted octanol–water partition coefficient (Wildman–Crippen LogP) is 10.6. The van der Waals surface area contributed by atoms with Crippen molar-refractivity contribution in [3.63, 3.8) is 0 Å². The first-order valence-corrected chi connectivity index (χ1v) is 24.8. The number of aromatic nitrogens is 4. The highest BCUT2D eigenvalue weighted by molar-refractivity contribution is 7.15. The summed E-state index contributed by atoms with van der Waals surface area (Å²) in [7, 11) is 0. The van der Waals surface area contributed by atoms with Crippen molar-refractivity contribution in [3.8, 4) is 0 Å². The number of nitrogens with one attached hydrogen (secondary N) is 1. The van der Waals surface area contributed by atoms with E-state index >= 15 is 0 Å². The number of hydrogen-bond acceptors (Lipinski definition) is 15. The van der Waals surface area contributed by atoms with Crippen molar-refractivity contribution >= 4 is 68.6 Å². The Morgan fingerprint density at radius 1 is 0.676 bits per heavy atom. The number of alkyl halides is 6. The molecule has 4 N–H and O–H groups in total. The Kier molecular flexibility index (Phi) is 24.0. The fourth-order valence-electron chi connectivity index (χ4n) is 7.40. The van der Waals surface area contributed by atoms with E-state index in [2.05, 4.69) is 25.7 Å². The minimum Gasteiger partial charge on any atom is -0.478 e. The van der Waals surface area contributed by atoms with Crippen molar-refractivity contribution in [2.45, 2.75) is 169 Å². The zero-order valence-corrected chi connectivity index (χ0v) is 43.4. The summed E-state index contributed by atoms with van der Waals surface area (Å²) in [5, 5.41) is 20.7. The number of ketones is 2. The number of carboxylic acids is 1. The van der Waals surface area contributed by atoms with Crippen LogP contribution in [0.25, 0.3) is 0 Å². The molecule has 4 atom stereocenters. The van der Waals surface area contributed by atoms with Crippen LogP contribution in [0.3, 0.4) is 0 Å². The van der Waals surface area contributed by atoms with E-state index in [9.17, 15) is 55.1 Å². The normalized spacial score (nSPS) is 17.8. The molecule has 2 aliphatic rings. The van der Waals surface area contributed by atoms with Gasteiger partial charge < -0.3 is 20.3 Å². The summed E-state index contributed by atoms with van der Waals surface area (Å²) in [5.74, 6) is -1.65. The molecule has 2 saturated heterocycles. The van der Waals surface area contributed by atoms with Gasteiger partial charge in [-0.2, -0.15) is 26.3 Å². The van der Waals surface area contributed by atoms with Crippen molar-refractivity contribution in [1.82, 2.24) is 30.2 Å². The minimum atomic E-state index is -4.63. The van der Waals surface area contributed by atoms with Gasteiger partial charge in [-0.05, 0) is 123 Å². The number of halogens is 6. The lowest BCUT2D eigenvalue weighted by molar-refractivity contribution is -0.138. The van der Waals surface area contributed by atoms with E-state index in [-0.39, 0.29) is 63.8 Å². The van der Waals surface area contributed by atoms with Crippen LogP contribution in [0.1, 0.15) is 143 Å². The number of anilines is 2. The molecule has 400 valence electrons. The number of nitrogen functional groups attached to an aromatic ring is 1. The smallest absolute Gasteiger partial charge is 0.445 e. The SMILES string of the molecule is CC(C)C[C@@H](/C=C/C(=O)Nc1nnc(C(F)(F)F)s1)CC(=O)[C@@H]1CCCCN1C(=O)OC(C)(C)C.CC(C)C[C@@H](/C=C/C(=O)O)CC(=O)[C@@H]1CCCCN1C(=O)OC(C)(C)C.Nc1nnc(C(F)(F)F)s1. The fraction of sp³-hybridized carbons (Fsp3) is 0.696. The van der Waals surface area contributed by atoms with Crippen LogP contribution in [0.15, 0.2) is 24.3 Å². The lowest BCUT2D eigenvalue weighted by Gasteiger charge is -2.36. The summed E-state index contributed by atoms with van der Waals surface area (Å²) in [6.07, 6.45) is 1.74. The van der Waals surface area contributed by atoms with Crippen LogP contribution in [0.4, 0.5) is 46.2 Å². The van der Waals surface area contributed by atoms with Crippen LogP contribution >= 0.6 is 22.7 Å². The first-order valence-electron chi connectivity index (χ1n) is 23.2. The quantitative estimate of drug-likeness (QED) is 0.111. The molecule has 71 heavy (non-hydrogen) atoms. The fourth-order valence-corrected chi connectivity index (χ4v) is 8.49. The highest BCUT2D eigenvalue weighted by atomic mass is 32.1. The number of hydrogen-bond donors (Lipinski definition) is 3. The molecule has 0 saturated carbocycles. The topological polar surface area (TPSA) is 237 Å². The Labute approximate surface area is 418 Å². The molecule has 0 radical (unpaired) electrons. The highest BCUT2D eigenvalue weighted by Crippen LogP contribution is 2.34. The zero-order valence-electron chi connectivity index (χ0n) is 41.8. The van der Waals surface area contributed by atoms with Crippen LogP contribution in [0, 0.1) is 23.7 Å². The van der Waals surface area contributed by atoms with E-state index in [1.807, 2.05) is 27.7 Å². The summed E-state index contributed by atoms with van der Waals surface area (Å²) in [6.45, 7) is 19.7. The van der Waals surface area contributed by atoms with E-state index in [4.69, 9.17) is 20.3 Å². The van der Waals surface area contributed by atoms with Crippen molar-refractivity contribution in [3.05, 3.63) is 34.3 Å². The second-order valence-corrected chi connectivity index (χ2v) is 21.9. The molecule has 0 unspecified atom stereocenters. The van der Waals surface area contributed by atoms with Gasteiger partial charge in [0, 0.05) is 32.0 Å². The van der Waals surface area contributed by atoms with E-state index in [0.717, 1.165) is 38.2 Å². The summed E-state index contributed by atoms with van der Waals surface area (Å²) in [6, 6.07) is -1.07. The third-order valence-corrected chi connectivity index (χ3v) is 11.8. The summed E-state index contributed by atoms with van der Waals surface area (Å²) >= 11 is 0.558. The van der Waals surface area contributed by atoms with Gasteiger partial charge in [0.1, 0.15) is 11.2 Å².